The lowest BCUT2D eigenvalue weighted by molar-refractivity contribution is 0.0819. The fraction of sp³-hybridized carbons (Fsp3) is 0.688. The monoisotopic (exact) mass is 289 g/mol. The third-order valence-corrected chi connectivity index (χ3v) is 6.29. The molecule has 1 amide bonds. The summed E-state index contributed by atoms with van der Waals surface area (Å²) in [4.78, 5) is 23.8. The maximum atomic E-state index is 12.4. The minimum atomic E-state index is -0.209. The second-order valence-corrected chi connectivity index (χ2v) is 7.32. The second kappa shape index (κ2) is 4.42. The van der Waals surface area contributed by atoms with Crippen LogP contribution in [0.3, 0.4) is 0 Å². The molecule has 114 valence electrons. The molecule has 0 aliphatic heterocycles. The van der Waals surface area contributed by atoms with E-state index in [0.717, 1.165) is 12.8 Å². The Hall–Kier alpha value is -1.65. The number of hydrogen-bond acceptors (Lipinski definition) is 3. The molecular formula is C16H23N3O2. The molecule has 2 saturated carbocycles. The molecule has 0 spiro atoms. The number of nitrogens with one attached hydrogen (secondary N) is 1. The average molecular weight is 289 g/mol. The van der Waals surface area contributed by atoms with Crippen LogP contribution in [0.15, 0.2) is 16.9 Å². The highest BCUT2D eigenvalue weighted by Crippen LogP contribution is 2.65. The second-order valence-electron chi connectivity index (χ2n) is 7.32. The number of carbonyl (C=O) groups is 1. The minimum absolute atomic E-state index is 0.147. The van der Waals surface area contributed by atoms with Gasteiger partial charge in [-0.2, -0.15) is 5.10 Å². The molecule has 0 aromatic carbocycles. The zero-order valence-corrected chi connectivity index (χ0v) is 13.1. The Labute approximate surface area is 124 Å². The standard InChI is InChI=1S/C16H23N3O2/c1-15(2)10-7-8-16(15,3)12(9-10)17-14(21)11-5-6-13(20)19(4)18-11/h5-6,10,12H,7-9H2,1-4H3,(H,17,21). The first-order valence-electron chi connectivity index (χ1n) is 7.61. The zero-order chi connectivity index (χ0) is 15.4. The Kier molecular flexibility index (Phi) is 3.01. The maximum absolute atomic E-state index is 12.4. The third kappa shape index (κ3) is 1.93. The van der Waals surface area contributed by atoms with Crippen LogP contribution in [0, 0.1) is 16.7 Å². The van der Waals surface area contributed by atoms with Crippen LogP contribution in [0.25, 0.3) is 0 Å². The van der Waals surface area contributed by atoms with Crippen LogP contribution in [0.1, 0.15) is 50.5 Å². The molecule has 2 fully saturated rings. The normalized spacial score (nSPS) is 33.1. The molecule has 2 aliphatic carbocycles. The van der Waals surface area contributed by atoms with Gasteiger partial charge in [0.15, 0.2) is 0 Å². The summed E-state index contributed by atoms with van der Waals surface area (Å²) in [7, 11) is 1.56. The first-order valence-corrected chi connectivity index (χ1v) is 7.61. The van der Waals surface area contributed by atoms with Crippen molar-refractivity contribution in [3.63, 3.8) is 0 Å². The van der Waals surface area contributed by atoms with Gasteiger partial charge in [-0.25, -0.2) is 4.68 Å². The molecule has 0 radical (unpaired) electrons. The van der Waals surface area contributed by atoms with Gasteiger partial charge < -0.3 is 5.32 Å². The number of fused-ring (bicyclic) bond motifs is 2. The number of carbonyl (C=O) groups excluding carboxylic acids is 1. The molecule has 3 rings (SSSR count). The Morgan fingerprint density at radius 1 is 1.38 bits per heavy atom. The molecule has 5 heteroatoms. The first-order chi connectivity index (χ1) is 9.75. The van der Waals surface area contributed by atoms with Gasteiger partial charge in [0.25, 0.3) is 11.5 Å². The molecule has 1 heterocycles. The van der Waals surface area contributed by atoms with Crippen LogP contribution in [0.5, 0.6) is 0 Å². The summed E-state index contributed by atoms with van der Waals surface area (Å²) < 4.78 is 1.20. The Balaban J connectivity index is 1.80. The molecule has 1 aromatic heterocycles. The summed E-state index contributed by atoms with van der Waals surface area (Å²) in [5.74, 6) is 0.501. The van der Waals surface area contributed by atoms with Crippen molar-refractivity contribution >= 4 is 5.91 Å². The number of rotatable bonds is 2. The molecule has 5 nitrogen and oxygen atoms in total. The van der Waals surface area contributed by atoms with E-state index in [1.54, 1.807) is 7.05 Å². The number of nitrogens with zero attached hydrogens (tertiary/aromatic N) is 2. The Bertz CT molecular complexity index is 649. The summed E-state index contributed by atoms with van der Waals surface area (Å²) in [6.07, 6.45) is 3.46. The van der Waals surface area contributed by atoms with Crippen molar-refractivity contribution in [3.05, 3.63) is 28.2 Å². The minimum Gasteiger partial charge on any atom is -0.347 e. The van der Waals surface area contributed by atoms with E-state index in [2.05, 4.69) is 31.2 Å². The van der Waals surface area contributed by atoms with Crippen LogP contribution in [0.2, 0.25) is 0 Å². The van der Waals surface area contributed by atoms with Crippen molar-refractivity contribution in [3.8, 4) is 0 Å². The lowest BCUT2D eigenvalue weighted by Gasteiger charge is -2.39. The van der Waals surface area contributed by atoms with Crippen molar-refractivity contribution in [1.82, 2.24) is 15.1 Å². The summed E-state index contributed by atoms with van der Waals surface area (Å²) >= 11 is 0. The summed E-state index contributed by atoms with van der Waals surface area (Å²) in [6, 6.07) is 3.07. The molecular weight excluding hydrogens is 266 g/mol. The Morgan fingerprint density at radius 3 is 2.62 bits per heavy atom. The number of aromatic nitrogens is 2. The zero-order valence-electron chi connectivity index (χ0n) is 13.1. The predicted octanol–water partition coefficient (Wildman–Crippen LogP) is 1.72. The predicted molar refractivity (Wildman–Crippen MR) is 80.0 cm³/mol. The van der Waals surface area contributed by atoms with Gasteiger partial charge in [0, 0.05) is 19.2 Å². The van der Waals surface area contributed by atoms with Crippen LogP contribution in [-0.2, 0) is 7.05 Å². The Morgan fingerprint density at radius 2 is 2.10 bits per heavy atom. The lowest BCUT2D eigenvalue weighted by atomic mass is 9.69. The number of aryl methyl sites for hydroxylation is 1. The van der Waals surface area contributed by atoms with Gasteiger partial charge >= 0.3 is 0 Å². The van der Waals surface area contributed by atoms with E-state index in [-0.39, 0.29) is 28.3 Å². The smallest absolute Gasteiger partial charge is 0.271 e. The van der Waals surface area contributed by atoms with Gasteiger partial charge in [0.05, 0.1) is 0 Å². The quantitative estimate of drug-likeness (QED) is 0.901. The molecule has 2 bridgehead atoms. The van der Waals surface area contributed by atoms with Crippen molar-refractivity contribution in [2.24, 2.45) is 23.8 Å². The van der Waals surface area contributed by atoms with Crippen molar-refractivity contribution in [1.29, 1.82) is 0 Å². The third-order valence-electron chi connectivity index (χ3n) is 6.29. The van der Waals surface area contributed by atoms with Gasteiger partial charge in [-0.15, -0.1) is 0 Å². The number of amides is 1. The van der Waals surface area contributed by atoms with Crippen LogP contribution >= 0.6 is 0 Å². The lowest BCUT2D eigenvalue weighted by Crippen LogP contribution is -2.47. The van der Waals surface area contributed by atoms with Crippen molar-refractivity contribution < 1.29 is 4.79 Å². The summed E-state index contributed by atoms with van der Waals surface area (Å²) in [5, 5.41) is 7.18. The average Bonchev–Trinajstić information content (AvgIpc) is 2.75. The van der Waals surface area contributed by atoms with Crippen LogP contribution in [-0.4, -0.2) is 21.7 Å². The van der Waals surface area contributed by atoms with Crippen molar-refractivity contribution in [2.45, 2.75) is 46.1 Å². The van der Waals surface area contributed by atoms with E-state index in [0.29, 0.717) is 11.6 Å². The molecule has 1 N–H and O–H groups in total. The van der Waals surface area contributed by atoms with Gasteiger partial charge in [-0.1, -0.05) is 20.8 Å². The van der Waals surface area contributed by atoms with E-state index in [1.807, 2.05) is 0 Å². The largest absolute Gasteiger partial charge is 0.347 e. The molecule has 0 saturated heterocycles. The SMILES string of the molecule is Cn1nc(C(=O)NC2CC3CCC2(C)C3(C)C)ccc1=O. The summed E-state index contributed by atoms with van der Waals surface area (Å²) in [5.41, 5.74) is 0.511. The van der Waals surface area contributed by atoms with E-state index < -0.39 is 0 Å². The van der Waals surface area contributed by atoms with Gasteiger partial charge in [-0.05, 0) is 42.1 Å². The highest BCUT2D eigenvalue weighted by Gasteiger charge is 2.61. The first kappa shape index (κ1) is 14.3. The molecule has 21 heavy (non-hydrogen) atoms. The van der Waals surface area contributed by atoms with Crippen molar-refractivity contribution in [2.75, 3.05) is 0 Å². The number of hydrogen-bond donors (Lipinski definition) is 1. The summed E-state index contributed by atoms with van der Waals surface area (Å²) in [6.45, 7) is 6.93. The van der Waals surface area contributed by atoms with E-state index in [4.69, 9.17) is 0 Å². The molecule has 1 aromatic rings. The molecule has 2 aliphatic rings. The van der Waals surface area contributed by atoms with Gasteiger partial charge in [0.1, 0.15) is 5.69 Å². The van der Waals surface area contributed by atoms with Crippen LogP contribution in [0.4, 0.5) is 0 Å². The van der Waals surface area contributed by atoms with Gasteiger partial charge in [0.2, 0.25) is 0 Å². The molecule has 3 atom stereocenters. The highest BCUT2D eigenvalue weighted by atomic mass is 16.2. The van der Waals surface area contributed by atoms with E-state index in [9.17, 15) is 9.59 Å². The van der Waals surface area contributed by atoms with E-state index in [1.165, 1.54) is 23.2 Å². The van der Waals surface area contributed by atoms with Crippen LogP contribution < -0.4 is 10.9 Å². The molecule has 3 unspecified atom stereocenters. The van der Waals surface area contributed by atoms with E-state index >= 15 is 0 Å². The van der Waals surface area contributed by atoms with Gasteiger partial charge in [-0.3, -0.25) is 9.59 Å². The topological polar surface area (TPSA) is 64.0 Å². The maximum Gasteiger partial charge on any atom is 0.271 e. The fourth-order valence-electron chi connectivity index (χ4n) is 4.28. The fourth-order valence-corrected chi connectivity index (χ4v) is 4.28. The highest BCUT2D eigenvalue weighted by molar-refractivity contribution is 5.92.